The van der Waals surface area contributed by atoms with Crippen LogP contribution in [-0.4, -0.2) is 15.0 Å². The molecule has 1 aliphatic rings. The van der Waals surface area contributed by atoms with Crippen molar-refractivity contribution in [2.45, 2.75) is 19.3 Å². The quantitative estimate of drug-likeness (QED) is 0.247. The molecular weight excluding hydrogens is 466 g/mol. The summed E-state index contributed by atoms with van der Waals surface area (Å²) in [4.78, 5) is 14.8. The average Bonchev–Trinajstić information content (AvgIpc) is 3.14. The fourth-order valence-corrected chi connectivity index (χ4v) is 5.01. The zero-order valence-electron chi connectivity index (χ0n) is 20.8. The van der Waals surface area contributed by atoms with Gasteiger partial charge in [-0.1, -0.05) is 97.1 Å². The van der Waals surface area contributed by atoms with Crippen molar-refractivity contribution >= 4 is 27.5 Å². The monoisotopic (exact) mass is 491 g/mol. The van der Waals surface area contributed by atoms with E-state index in [9.17, 15) is 0 Å². The van der Waals surface area contributed by atoms with Crippen molar-refractivity contribution < 1.29 is 4.42 Å². The number of para-hydroxylation sites is 1. The first-order valence-electron chi connectivity index (χ1n) is 13.0. The van der Waals surface area contributed by atoms with Crippen molar-refractivity contribution in [1.29, 1.82) is 0 Å². The number of aromatic nitrogens is 3. The summed E-state index contributed by atoms with van der Waals surface area (Å²) in [5, 5.41) is 2.20. The number of benzene rings is 4. The van der Waals surface area contributed by atoms with Crippen molar-refractivity contribution in [2.75, 3.05) is 0 Å². The molecule has 0 spiro atoms. The summed E-state index contributed by atoms with van der Waals surface area (Å²) in [6.45, 7) is 0. The van der Waals surface area contributed by atoms with Crippen LogP contribution in [0.15, 0.2) is 120 Å². The molecule has 0 saturated carbocycles. The maximum absolute atomic E-state index is 6.15. The van der Waals surface area contributed by atoms with Gasteiger partial charge in [-0.05, 0) is 48.6 Å². The summed E-state index contributed by atoms with van der Waals surface area (Å²) in [6.07, 6.45) is 9.78. The number of nitrogens with zero attached hydrogens (tertiary/aromatic N) is 3. The Morgan fingerprint density at radius 3 is 2.05 bits per heavy atom. The molecule has 4 aromatic carbocycles. The molecule has 7 rings (SSSR count). The van der Waals surface area contributed by atoms with Gasteiger partial charge in [0.15, 0.2) is 17.5 Å². The van der Waals surface area contributed by atoms with Gasteiger partial charge in [0, 0.05) is 27.5 Å². The fraction of sp³-hybridized carbons (Fsp3) is 0.0882. The molecule has 38 heavy (non-hydrogen) atoms. The number of fused-ring (bicyclic) bond motifs is 3. The van der Waals surface area contributed by atoms with E-state index in [1.165, 1.54) is 5.56 Å². The molecule has 0 saturated heterocycles. The summed E-state index contributed by atoms with van der Waals surface area (Å²) < 4.78 is 6.15. The van der Waals surface area contributed by atoms with E-state index in [2.05, 4.69) is 85.0 Å². The van der Waals surface area contributed by atoms with Gasteiger partial charge in [0.2, 0.25) is 0 Å². The molecule has 0 unspecified atom stereocenters. The lowest BCUT2D eigenvalue weighted by atomic mass is 10.0. The maximum atomic E-state index is 6.15. The van der Waals surface area contributed by atoms with Crippen LogP contribution in [0, 0.1) is 0 Å². The molecule has 0 atom stereocenters. The van der Waals surface area contributed by atoms with E-state index in [4.69, 9.17) is 19.4 Å². The second-order valence-electron chi connectivity index (χ2n) is 9.55. The molecule has 0 bridgehead atoms. The lowest BCUT2D eigenvalue weighted by molar-refractivity contribution is 0.669. The maximum Gasteiger partial charge on any atom is 0.164 e. The van der Waals surface area contributed by atoms with Gasteiger partial charge in [-0.25, -0.2) is 15.0 Å². The number of furan rings is 1. The summed E-state index contributed by atoms with van der Waals surface area (Å²) in [5.41, 5.74) is 6.95. The van der Waals surface area contributed by atoms with Gasteiger partial charge in [0.05, 0.1) is 0 Å². The van der Waals surface area contributed by atoms with Crippen LogP contribution in [0.3, 0.4) is 0 Å². The minimum absolute atomic E-state index is 0.637. The highest BCUT2D eigenvalue weighted by Gasteiger charge is 2.15. The van der Waals surface area contributed by atoms with Crippen molar-refractivity contribution in [3.63, 3.8) is 0 Å². The van der Waals surface area contributed by atoms with E-state index in [1.54, 1.807) is 0 Å². The average molecular weight is 492 g/mol. The summed E-state index contributed by atoms with van der Waals surface area (Å²) in [5.74, 6) is 1.99. The fourth-order valence-electron chi connectivity index (χ4n) is 5.01. The van der Waals surface area contributed by atoms with Crippen LogP contribution in [0.25, 0.3) is 61.4 Å². The third kappa shape index (κ3) is 4.20. The lowest BCUT2D eigenvalue weighted by Crippen LogP contribution is -2.02. The van der Waals surface area contributed by atoms with Crippen molar-refractivity contribution in [1.82, 2.24) is 15.0 Å². The molecule has 0 radical (unpaired) electrons. The highest BCUT2D eigenvalue weighted by molar-refractivity contribution is 6.05. The smallest absolute Gasteiger partial charge is 0.164 e. The van der Waals surface area contributed by atoms with E-state index in [0.29, 0.717) is 17.5 Å². The molecule has 0 aliphatic heterocycles. The van der Waals surface area contributed by atoms with Gasteiger partial charge in [0.25, 0.3) is 0 Å². The zero-order valence-corrected chi connectivity index (χ0v) is 20.8. The molecule has 4 nitrogen and oxygen atoms in total. The predicted octanol–water partition coefficient (Wildman–Crippen LogP) is 8.90. The number of rotatable bonds is 4. The number of allylic oxidation sites excluding steroid dienone is 4. The van der Waals surface area contributed by atoms with Gasteiger partial charge in [0.1, 0.15) is 11.2 Å². The summed E-state index contributed by atoms with van der Waals surface area (Å²) >= 11 is 0. The molecule has 2 heterocycles. The molecule has 0 amide bonds. The Morgan fingerprint density at radius 2 is 1.18 bits per heavy atom. The van der Waals surface area contributed by atoms with Crippen LogP contribution in [0.1, 0.15) is 25.1 Å². The van der Waals surface area contributed by atoms with Crippen LogP contribution in [0.4, 0.5) is 0 Å². The van der Waals surface area contributed by atoms with E-state index >= 15 is 0 Å². The van der Waals surface area contributed by atoms with E-state index in [-0.39, 0.29) is 0 Å². The third-order valence-electron chi connectivity index (χ3n) is 7.02. The van der Waals surface area contributed by atoms with E-state index in [1.807, 2.05) is 30.3 Å². The van der Waals surface area contributed by atoms with Crippen LogP contribution in [-0.2, 0) is 0 Å². The topological polar surface area (TPSA) is 51.8 Å². The Balaban J connectivity index is 1.35. The molecule has 0 fully saturated rings. The molecular formula is C34H25N3O. The molecule has 4 heteroatoms. The Kier molecular flexibility index (Phi) is 5.63. The van der Waals surface area contributed by atoms with Gasteiger partial charge in [-0.2, -0.15) is 0 Å². The minimum atomic E-state index is 0.637. The van der Waals surface area contributed by atoms with Gasteiger partial charge in [-0.15, -0.1) is 0 Å². The predicted molar refractivity (Wildman–Crippen MR) is 154 cm³/mol. The highest BCUT2D eigenvalue weighted by atomic mass is 16.3. The molecule has 1 aliphatic carbocycles. The highest BCUT2D eigenvalue weighted by Crippen LogP contribution is 2.32. The Bertz CT molecular complexity index is 1830. The van der Waals surface area contributed by atoms with Crippen LogP contribution in [0.5, 0.6) is 0 Å². The first-order valence-corrected chi connectivity index (χ1v) is 13.0. The van der Waals surface area contributed by atoms with Crippen LogP contribution >= 0.6 is 0 Å². The van der Waals surface area contributed by atoms with Crippen molar-refractivity contribution in [2.24, 2.45) is 0 Å². The SMILES string of the molecule is C1=CC(c2nc(-c3ccc(-c4ccccc4)cc3)nc(-c3ccc4c(c3)oc3ccccc34)n2)=CCCC1. The summed E-state index contributed by atoms with van der Waals surface area (Å²) in [6, 6.07) is 33.1. The van der Waals surface area contributed by atoms with Crippen molar-refractivity contribution in [3.8, 4) is 33.9 Å². The number of hydrogen-bond donors (Lipinski definition) is 0. The molecule has 182 valence electrons. The second-order valence-corrected chi connectivity index (χ2v) is 9.55. The number of hydrogen-bond acceptors (Lipinski definition) is 4. The first-order chi connectivity index (χ1) is 18.8. The van der Waals surface area contributed by atoms with Crippen molar-refractivity contribution in [3.05, 3.63) is 121 Å². The van der Waals surface area contributed by atoms with Crippen LogP contribution in [0.2, 0.25) is 0 Å². The standard InChI is InChI=1S/C34H25N3O/c1-2-5-13-25(12-4-1)32-35-33(26-18-16-24(17-19-26)23-10-6-3-7-11-23)37-34(36-32)27-20-21-29-28-14-8-9-15-30(28)38-31(29)22-27/h3-4,6-22H,1-2,5H2. The van der Waals surface area contributed by atoms with Gasteiger partial charge >= 0.3 is 0 Å². The summed E-state index contributed by atoms with van der Waals surface area (Å²) in [7, 11) is 0. The largest absolute Gasteiger partial charge is 0.456 e. The van der Waals surface area contributed by atoms with E-state index < -0.39 is 0 Å². The minimum Gasteiger partial charge on any atom is -0.456 e. The lowest BCUT2D eigenvalue weighted by Gasteiger charge is -2.09. The molecule has 0 N–H and O–H groups in total. The van der Waals surface area contributed by atoms with E-state index in [0.717, 1.165) is 63.5 Å². The first kappa shape index (κ1) is 22.4. The molecule has 2 aromatic heterocycles. The second kappa shape index (κ2) is 9.56. The Hall–Kier alpha value is -4.83. The zero-order chi connectivity index (χ0) is 25.3. The van der Waals surface area contributed by atoms with Gasteiger partial charge < -0.3 is 4.42 Å². The molecule has 6 aromatic rings. The van der Waals surface area contributed by atoms with Crippen LogP contribution < -0.4 is 0 Å². The third-order valence-corrected chi connectivity index (χ3v) is 7.02. The Labute approximate surface area is 221 Å². The van der Waals surface area contributed by atoms with Gasteiger partial charge in [-0.3, -0.25) is 0 Å². The Morgan fingerprint density at radius 1 is 0.526 bits per heavy atom. The normalized spacial score (nSPS) is 13.5.